The second-order valence-corrected chi connectivity index (χ2v) is 6.12. The van der Waals surface area contributed by atoms with Gasteiger partial charge in [0, 0.05) is 21.9 Å². The number of H-pyrrole nitrogens is 1. The van der Waals surface area contributed by atoms with Crippen molar-refractivity contribution >= 4 is 39.3 Å². The van der Waals surface area contributed by atoms with Crippen molar-refractivity contribution in [1.82, 2.24) is 9.97 Å². The van der Waals surface area contributed by atoms with Crippen LogP contribution < -0.4 is 10.9 Å². The minimum absolute atomic E-state index is 0.150. The third kappa shape index (κ3) is 5.02. The molecule has 0 bridgehead atoms. The van der Waals surface area contributed by atoms with Gasteiger partial charge in [-0.1, -0.05) is 40.7 Å². The zero-order valence-electron chi connectivity index (χ0n) is 11.4. The van der Waals surface area contributed by atoms with E-state index in [1.807, 2.05) is 31.2 Å². The predicted molar refractivity (Wildman–Crippen MR) is 87.7 cm³/mol. The monoisotopic (exact) mass is 367 g/mol. The number of thioether (sulfide) groups is 1. The smallest absolute Gasteiger partial charge is 0.251 e. The number of anilines is 1. The fourth-order valence-corrected chi connectivity index (χ4v) is 2.72. The molecular formula is C14H14BrN3O2S. The highest BCUT2D eigenvalue weighted by atomic mass is 79.9. The number of carbonyl (C=O) groups excluding carboxylic acids is 1. The summed E-state index contributed by atoms with van der Waals surface area (Å²) in [5, 5.41) is 3.25. The van der Waals surface area contributed by atoms with Crippen molar-refractivity contribution in [3.63, 3.8) is 0 Å². The van der Waals surface area contributed by atoms with E-state index in [0.29, 0.717) is 17.3 Å². The number of aromatic nitrogens is 2. The number of amides is 1. The average Bonchev–Trinajstić information content (AvgIpc) is 2.44. The number of nitrogens with one attached hydrogen (secondary N) is 2. The lowest BCUT2D eigenvalue weighted by Gasteiger charge is -2.05. The molecule has 2 N–H and O–H groups in total. The number of carbonyl (C=O) groups is 1. The number of halogens is 1. The number of aromatic amines is 1. The summed E-state index contributed by atoms with van der Waals surface area (Å²) < 4.78 is 0.898. The highest BCUT2D eigenvalue weighted by Gasteiger charge is 2.06. The fraction of sp³-hybridized carbons (Fsp3) is 0.214. The third-order valence-electron chi connectivity index (χ3n) is 2.58. The fourth-order valence-electron chi connectivity index (χ4n) is 1.63. The maximum Gasteiger partial charge on any atom is 0.251 e. The molecule has 1 aromatic heterocycles. The Kier molecular flexibility index (Phi) is 5.58. The van der Waals surface area contributed by atoms with Crippen LogP contribution in [-0.2, 0) is 11.2 Å². The highest BCUT2D eigenvalue weighted by molar-refractivity contribution is 9.10. The Balaban J connectivity index is 1.95. The number of benzene rings is 1. The first-order valence-electron chi connectivity index (χ1n) is 6.35. The van der Waals surface area contributed by atoms with E-state index in [2.05, 4.69) is 31.2 Å². The molecule has 0 aliphatic carbocycles. The second kappa shape index (κ2) is 7.42. The summed E-state index contributed by atoms with van der Waals surface area (Å²) >= 11 is 4.55. The zero-order chi connectivity index (χ0) is 15.2. The molecule has 1 aromatic carbocycles. The van der Waals surface area contributed by atoms with E-state index in [1.54, 1.807) is 0 Å². The van der Waals surface area contributed by atoms with Crippen molar-refractivity contribution in [2.24, 2.45) is 0 Å². The number of aryl methyl sites for hydroxylation is 1. The van der Waals surface area contributed by atoms with Crippen LogP contribution in [-0.4, -0.2) is 21.6 Å². The van der Waals surface area contributed by atoms with Gasteiger partial charge in [0.25, 0.3) is 5.56 Å². The molecule has 0 radical (unpaired) electrons. The van der Waals surface area contributed by atoms with Crippen molar-refractivity contribution in [1.29, 1.82) is 0 Å². The topological polar surface area (TPSA) is 74.8 Å². The van der Waals surface area contributed by atoms with Crippen LogP contribution in [0.5, 0.6) is 0 Å². The summed E-state index contributed by atoms with van der Waals surface area (Å²) in [7, 11) is 0. The van der Waals surface area contributed by atoms with Gasteiger partial charge in [-0.15, -0.1) is 0 Å². The summed E-state index contributed by atoms with van der Waals surface area (Å²) in [6.45, 7) is 1.93. The quantitative estimate of drug-likeness (QED) is 0.629. The lowest BCUT2D eigenvalue weighted by Crippen LogP contribution is -2.15. The maximum atomic E-state index is 11.9. The van der Waals surface area contributed by atoms with Crippen LogP contribution in [0.1, 0.15) is 12.6 Å². The van der Waals surface area contributed by atoms with Gasteiger partial charge in [0.05, 0.1) is 5.75 Å². The van der Waals surface area contributed by atoms with Crippen molar-refractivity contribution in [3.8, 4) is 0 Å². The number of hydrogen-bond acceptors (Lipinski definition) is 4. The molecule has 0 aliphatic rings. The molecule has 0 unspecified atom stereocenters. The summed E-state index contributed by atoms with van der Waals surface area (Å²) in [6.07, 6.45) is 0.682. The van der Waals surface area contributed by atoms with Crippen LogP contribution in [0, 0.1) is 0 Å². The van der Waals surface area contributed by atoms with Crippen LogP contribution in [0.3, 0.4) is 0 Å². The van der Waals surface area contributed by atoms with Gasteiger partial charge in [-0.2, -0.15) is 0 Å². The van der Waals surface area contributed by atoms with Crippen LogP contribution >= 0.6 is 27.7 Å². The summed E-state index contributed by atoms with van der Waals surface area (Å²) in [5.74, 6) is 0.0328. The van der Waals surface area contributed by atoms with Crippen LogP contribution in [0.2, 0.25) is 0 Å². The van der Waals surface area contributed by atoms with E-state index in [9.17, 15) is 9.59 Å². The number of hydrogen-bond donors (Lipinski definition) is 2. The molecule has 5 nitrogen and oxygen atoms in total. The van der Waals surface area contributed by atoms with Gasteiger partial charge in [-0.3, -0.25) is 9.59 Å². The molecule has 0 spiro atoms. The van der Waals surface area contributed by atoms with Gasteiger partial charge in [-0.05, 0) is 24.6 Å². The summed E-state index contributed by atoms with van der Waals surface area (Å²) in [4.78, 5) is 30.2. The van der Waals surface area contributed by atoms with E-state index in [0.717, 1.165) is 10.2 Å². The van der Waals surface area contributed by atoms with E-state index in [4.69, 9.17) is 0 Å². The molecule has 0 aliphatic heterocycles. The molecule has 21 heavy (non-hydrogen) atoms. The van der Waals surface area contributed by atoms with Crippen LogP contribution in [0.15, 0.2) is 44.8 Å². The Hall–Kier alpha value is -1.60. The first-order chi connectivity index (χ1) is 10.1. The summed E-state index contributed by atoms with van der Waals surface area (Å²) in [6, 6.07) is 8.82. The van der Waals surface area contributed by atoms with Crippen LogP contribution in [0.25, 0.3) is 0 Å². The second-order valence-electron chi connectivity index (χ2n) is 4.24. The lowest BCUT2D eigenvalue weighted by atomic mass is 10.3. The van der Waals surface area contributed by atoms with Gasteiger partial charge in [0.1, 0.15) is 0 Å². The van der Waals surface area contributed by atoms with E-state index < -0.39 is 0 Å². The minimum Gasteiger partial charge on any atom is -0.325 e. The molecule has 1 heterocycles. The molecule has 0 atom stereocenters. The van der Waals surface area contributed by atoms with E-state index >= 15 is 0 Å². The van der Waals surface area contributed by atoms with Gasteiger partial charge < -0.3 is 10.3 Å². The van der Waals surface area contributed by atoms with Crippen molar-refractivity contribution in [3.05, 3.63) is 50.9 Å². The normalized spacial score (nSPS) is 10.4. The van der Waals surface area contributed by atoms with Gasteiger partial charge >= 0.3 is 0 Å². The molecule has 2 aromatic rings. The molecule has 7 heteroatoms. The molecule has 0 fully saturated rings. The van der Waals surface area contributed by atoms with Crippen molar-refractivity contribution in [2.45, 2.75) is 18.5 Å². The third-order valence-corrected chi connectivity index (χ3v) is 3.95. The summed E-state index contributed by atoms with van der Waals surface area (Å²) in [5.41, 5.74) is 1.24. The Morgan fingerprint density at radius 2 is 2.24 bits per heavy atom. The Bertz CT molecular complexity index is 703. The van der Waals surface area contributed by atoms with Crippen molar-refractivity contribution in [2.75, 3.05) is 11.1 Å². The Morgan fingerprint density at radius 3 is 2.95 bits per heavy atom. The lowest BCUT2D eigenvalue weighted by molar-refractivity contribution is -0.113. The van der Waals surface area contributed by atoms with Crippen LogP contribution in [0.4, 0.5) is 5.69 Å². The zero-order valence-corrected chi connectivity index (χ0v) is 13.8. The van der Waals surface area contributed by atoms with Gasteiger partial charge in [0.15, 0.2) is 5.16 Å². The first-order valence-corrected chi connectivity index (χ1v) is 8.13. The van der Waals surface area contributed by atoms with Gasteiger partial charge in [-0.25, -0.2) is 4.98 Å². The van der Waals surface area contributed by atoms with E-state index in [1.165, 1.54) is 17.8 Å². The maximum absolute atomic E-state index is 11.9. The SMILES string of the molecule is CCc1cc(=O)[nH]c(SCC(=O)Nc2cccc(Br)c2)n1. The Labute approximate surface area is 134 Å². The average molecular weight is 368 g/mol. The Morgan fingerprint density at radius 1 is 1.43 bits per heavy atom. The molecule has 110 valence electrons. The van der Waals surface area contributed by atoms with Gasteiger partial charge in [0.2, 0.25) is 5.91 Å². The molecular weight excluding hydrogens is 354 g/mol. The highest BCUT2D eigenvalue weighted by Crippen LogP contribution is 2.17. The minimum atomic E-state index is -0.197. The predicted octanol–water partition coefficient (Wildman–Crippen LogP) is 2.83. The first kappa shape index (κ1) is 15.8. The largest absolute Gasteiger partial charge is 0.325 e. The molecule has 0 saturated carbocycles. The molecule has 1 amide bonds. The molecule has 2 rings (SSSR count). The van der Waals surface area contributed by atoms with Crippen molar-refractivity contribution < 1.29 is 4.79 Å². The number of nitrogens with zero attached hydrogens (tertiary/aromatic N) is 1. The molecule has 0 saturated heterocycles. The van der Waals surface area contributed by atoms with E-state index in [-0.39, 0.29) is 17.2 Å². The standard InChI is InChI=1S/C14H14BrN3O2S/c1-2-10-7-12(19)18-14(17-10)21-8-13(20)16-11-5-3-4-9(15)6-11/h3-7H,2,8H2,1H3,(H,16,20)(H,17,18,19). The number of rotatable bonds is 5.